The topological polar surface area (TPSA) is 43.1 Å². The van der Waals surface area contributed by atoms with Gasteiger partial charge in [-0.25, -0.2) is 0 Å². The maximum Gasteiger partial charge on any atom is 0.228 e. The van der Waals surface area contributed by atoms with Gasteiger partial charge in [-0.3, -0.25) is 9.78 Å². The lowest BCUT2D eigenvalue weighted by Gasteiger charge is -2.03. The summed E-state index contributed by atoms with van der Waals surface area (Å²) in [5.74, 6) is 0.225. The first-order chi connectivity index (χ1) is 11.3. The van der Waals surface area contributed by atoms with E-state index < -0.39 is 0 Å². The zero-order valence-corrected chi connectivity index (χ0v) is 12.3. The average Bonchev–Trinajstić information content (AvgIpc) is 3.06. The normalized spacial score (nSPS) is 10.8. The van der Waals surface area contributed by atoms with E-state index in [0.29, 0.717) is 11.3 Å². The molecule has 0 N–H and O–H groups in total. The van der Waals surface area contributed by atoms with Gasteiger partial charge in [0.2, 0.25) is 5.78 Å². The maximum absolute atomic E-state index is 12.7. The third-order valence-corrected chi connectivity index (χ3v) is 3.73. The van der Waals surface area contributed by atoms with Crippen LogP contribution in [0.3, 0.4) is 0 Å². The number of aromatic nitrogens is 1. The Morgan fingerprint density at radius 2 is 1.74 bits per heavy atom. The van der Waals surface area contributed by atoms with E-state index in [1.807, 2.05) is 60.7 Å². The number of hydrogen-bond donors (Lipinski definition) is 0. The molecule has 0 aliphatic rings. The van der Waals surface area contributed by atoms with Gasteiger partial charge < -0.3 is 4.42 Å². The SMILES string of the molecule is O=C(c1cccc(-c2ccccn2)c1)c1cc2ccccc2o1. The number of fused-ring (bicyclic) bond motifs is 1. The fraction of sp³-hybridized carbons (Fsp3) is 0. The zero-order valence-electron chi connectivity index (χ0n) is 12.3. The molecule has 0 fully saturated rings. The van der Waals surface area contributed by atoms with E-state index in [1.54, 1.807) is 18.3 Å². The molecule has 0 spiro atoms. The van der Waals surface area contributed by atoms with E-state index in [4.69, 9.17) is 4.42 Å². The predicted octanol–water partition coefficient (Wildman–Crippen LogP) is 4.73. The van der Waals surface area contributed by atoms with E-state index in [0.717, 1.165) is 22.2 Å². The van der Waals surface area contributed by atoms with Crippen molar-refractivity contribution in [2.24, 2.45) is 0 Å². The quantitative estimate of drug-likeness (QED) is 0.514. The van der Waals surface area contributed by atoms with E-state index in [9.17, 15) is 4.79 Å². The van der Waals surface area contributed by atoms with Crippen LogP contribution < -0.4 is 0 Å². The second-order valence-corrected chi connectivity index (χ2v) is 5.27. The average molecular weight is 299 g/mol. The van der Waals surface area contributed by atoms with Gasteiger partial charge in [0, 0.05) is 22.7 Å². The van der Waals surface area contributed by atoms with E-state index >= 15 is 0 Å². The molecule has 0 saturated heterocycles. The van der Waals surface area contributed by atoms with Gasteiger partial charge in [0.25, 0.3) is 0 Å². The number of para-hydroxylation sites is 1. The molecule has 0 bridgehead atoms. The lowest BCUT2D eigenvalue weighted by Crippen LogP contribution is -1.99. The largest absolute Gasteiger partial charge is 0.453 e. The fourth-order valence-corrected chi connectivity index (χ4v) is 2.59. The Labute approximate surface area is 133 Å². The number of carbonyl (C=O) groups is 1. The third-order valence-electron chi connectivity index (χ3n) is 3.73. The molecule has 2 aromatic heterocycles. The van der Waals surface area contributed by atoms with Crippen molar-refractivity contribution in [2.75, 3.05) is 0 Å². The molecule has 0 amide bonds. The first kappa shape index (κ1) is 13.5. The Bertz CT molecular complexity index is 954. The molecular formula is C20H13NO2. The number of hydrogen-bond acceptors (Lipinski definition) is 3. The van der Waals surface area contributed by atoms with Crippen LogP contribution in [0.4, 0.5) is 0 Å². The Balaban J connectivity index is 1.74. The minimum absolute atomic E-state index is 0.126. The Kier molecular flexibility index (Phi) is 3.24. The molecule has 0 atom stereocenters. The van der Waals surface area contributed by atoms with Crippen molar-refractivity contribution < 1.29 is 9.21 Å². The zero-order chi connectivity index (χ0) is 15.6. The lowest BCUT2D eigenvalue weighted by atomic mass is 10.0. The van der Waals surface area contributed by atoms with E-state index in [2.05, 4.69) is 4.98 Å². The molecule has 0 aliphatic heterocycles. The van der Waals surface area contributed by atoms with Crippen LogP contribution in [-0.4, -0.2) is 10.8 Å². The number of pyridine rings is 1. The molecule has 0 unspecified atom stereocenters. The molecule has 2 aromatic carbocycles. The van der Waals surface area contributed by atoms with Crippen molar-refractivity contribution >= 4 is 16.8 Å². The van der Waals surface area contributed by atoms with Crippen molar-refractivity contribution in [3.63, 3.8) is 0 Å². The summed E-state index contributed by atoms with van der Waals surface area (Å²) in [5, 5.41) is 0.928. The summed E-state index contributed by atoms with van der Waals surface area (Å²) in [7, 11) is 0. The standard InChI is InChI=1S/C20H13NO2/c22-20(19-13-15-6-1-2-10-18(15)23-19)16-8-5-7-14(12-16)17-9-3-4-11-21-17/h1-13H. The minimum Gasteiger partial charge on any atom is -0.453 e. The van der Waals surface area contributed by atoms with Crippen LogP contribution in [0.1, 0.15) is 16.1 Å². The lowest BCUT2D eigenvalue weighted by molar-refractivity contribution is 0.101. The minimum atomic E-state index is -0.126. The van der Waals surface area contributed by atoms with Gasteiger partial charge in [-0.05, 0) is 30.3 Å². The molecule has 3 nitrogen and oxygen atoms in total. The smallest absolute Gasteiger partial charge is 0.228 e. The van der Waals surface area contributed by atoms with Crippen LogP contribution in [0.5, 0.6) is 0 Å². The summed E-state index contributed by atoms with van der Waals surface area (Å²) in [5.41, 5.74) is 3.06. The number of benzene rings is 2. The van der Waals surface area contributed by atoms with Gasteiger partial charge in [0.1, 0.15) is 5.58 Å². The number of carbonyl (C=O) groups excluding carboxylic acids is 1. The molecule has 4 rings (SSSR count). The first-order valence-corrected chi connectivity index (χ1v) is 7.36. The van der Waals surface area contributed by atoms with Crippen LogP contribution in [0.25, 0.3) is 22.2 Å². The van der Waals surface area contributed by atoms with Crippen LogP contribution in [0.15, 0.2) is 83.4 Å². The first-order valence-electron chi connectivity index (χ1n) is 7.36. The number of nitrogens with zero attached hydrogens (tertiary/aromatic N) is 1. The Hall–Kier alpha value is -3.20. The highest BCUT2D eigenvalue weighted by atomic mass is 16.3. The number of furan rings is 1. The molecule has 0 aliphatic carbocycles. The van der Waals surface area contributed by atoms with Crippen LogP contribution in [0.2, 0.25) is 0 Å². The van der Waals surface area contributed by atoms with Crippen LogP contribution >= 0.6 is 0 Å². The molecule has 2 heterocycles. The summed E-state index contributed by atoms with van der Waals surface area (Å²) in [4.78, 5) is 17.0. The molecule has 0 radical (unpaired) electrons. The van der Waals surface area contributed by atoms with Crippen molar-refractivity contribution in [1.82, 2.24) is 4.98 Å². The highest BCUT2D eigenvalue weighted by Crippen LogP contribution is 2.23. The highest BCUT2D eigenvalue weighted by Gasteiger charge is 2.15. The summed E-state index contributed by atoms with van der Waals surface area (Å²) < 4.78 is 5.66. The molecular weight excluding hydrogens is 286 g/mol. The molecule has 110 valence electrons. The molecule has 0 saturated carbocycles. The summed E-state index contributed by atoms with van der Waals surface area (Å²) >= 11 is 0. The Morgan fingerprint density at radius 1 is 0.870 bits per heavy atom. The highest BCUT2D eigenvalue weighted by molar-refractivity contribution is 6.09. The van der Waals surface area contributed by atoms with Gasteiger partial charge >= 0.3 is 0 Å². The van der Waals surface area contributed by atoms with Crippen molar-refractivity contribution in [3.05, 3.63) is 90.3 Å². The van der Waals surface area contributed by atoms with Gasteiger partial charge in [0.15, 0.2) is 5.76 Å². The summed E-state index contributed by atoms with van der Waals surface area (Å²) in [6.07, 6.45) is 1.74. The second kappa shape index (κ2) is 5.54. The summed E-state index contributed by atoms with van der Waals surface area (Å²) in [6, 6.07) is 22.5. The van der Waals surface area contributed by atoms with E-state index in [1.165, 1.54) is 0 Å². The van der Waals surface area contributed by atoms with Crippen LogP contribution in [-0.2, 0) is 0 Å². The van der Waals surface area contributed by atoms with Gasteiger partial charge in [-0.1, -0.05) is 42.5 Å². The van der Waals surface area contributed by atoms with Gasteiger partial charge in [-0.15, -0.1) is 0 Å². The van der Waals surface area contributed by atoms with Crippen molar-refractivity contribution in [3.8, 4) is 11.3 Å². The van der Waals surface area contributed by atoms with Crippen molar-refractivity contribution in [2.45, 2.75) is 0 Å². The molecule has 4 aromatic rings. The maximum atomic E-state index is 12.7. The van der Waals surface area contributed by atoms with Crippen LogP contribution in [0, 0.1) is 0 Å². The predicted molar refractivity (Wildman–Crippen MR) is 89.3 cm³/mol. The van der Waals surface area contributed by atoms with Gasteiger partial charge in [-0.2, -0.15) is 0 Å². The monoisotopic (exact) mass is 299 g/mol. The van der Waals surface area contributed by atoms with Crippen molar-refractivity contribution in [1.29, 1.82) is 0 Å². The second-order valence-electron chi connectivity index (χ2n) is 5.27. The summed E-state index contributed by atoms with van der Waals surface area (Å²) in [6.45, 7) is 0. The number of rotatable bonds is 3. The number of ketones is 1. The van der Waals surface area contributed by atoms with Gasteiger partial charge in [0.05, 0.1) is 5.69 Å². The fourth-order valence-electron chi connectivity index (χ4n) is 2.59. The third kappa shape index (κ3) is 2.53. The van der Waals surface area contributed by atoms with E-state index in [-0.39, 0.29) is 5.78 Å². The molecule has 3 heteroatoms. The Morgan fingerprint density at radius 3 is 2.57 bits per heavy atom. The molecule has 23 heavy (non-hydrogen) atoms.